The number of benzene rings is 1. The molecule has 1 aromatic carbocycles. The van der Waals surface area contributed by atoms with E-state index in [1.807, 2.05) is 31.2 Å². The van der Waals surface area contributed by atoms with Gasteiger partial charge >= 0.3 is 0 Å². The molecule has 0 unspecified atom stereocenters. The lowest BCUT2D eigenvalue weighted by molar-refractivity contribution is 0.0925. The third-order valence-corrected chi connectivity index (χ3v) is 2.99. The number of aliphatic hydroxyl groups excluding tert-OH is 1. The molecular formula is C16H26O3. The summed E-state index contributed by atoms with van der Waals surface area (Å²) in [6, 6.07) is 7.59. The van der Waals surface area contributed by atoms with Crippen LogP contribution in [0.3, 0.4) is 0 Å². The highest BCUT2D eigenvalue weighted by molar-refractivity contribution is 5.28. The maximum absolute atomic E-state index is 9.68. The summed E-state index contributed by atoms with van der Waals surface area (Å²) in [5.41, 5.74) is 0.933. The fourth-order valence-electron chi connectivity index (χ4n) is 1.66. The maximum atomic E-state index is 9.68. The number of hydrogen-bond donors (Lipinski definition) is 1. The third-order valence-electron chi connectivity index (χ3n) is 2.99. The normalized spacial score (nSPS) is 12.7. The van der Waals surface area contributed by atoms with E-state index in [-0.39, 0.29) is 6.10 Å². The quantitative estimate of drug-likeness (QED) is 0.694. The second kappa shape index (κ2) is 8.94. The first-order valence-electron chi connectivity index (χ1n) is 7.12. The van der Waals surface area contributed by atoms with Crippen molar-refractivity contribution in [3.05, 3.63) is 29.8 Å². The predicted molar refractivity (Wildman–Crippen MR) is 77.5 cm³/mol. The SMILES string of the molecule is CC[C@H](O)c1ccc(OCCOCCC(C)C)cc1. The Bertz CT molecular complexity index is 332. The lowest BCUT2D eigenvalue weighted by Gasteiger charge is -2.10. The van der Waals surface area contributed by atoms with Crippen molar-refractivity contribution in [1.29, 1.82) is 0 Å². The molecule has 0 heterocycles. The van der Waals surface area contributed by atoms with Crippen LogP contribution in [-0.2, 0) is 4.74 Å². The minimum atomic E-state index is -0.381. The molecule has 0 amide bonds. The van der Waals surface area contributed by atoms with E-state index in [0.717, 1.165) is 30.8 Å². The van der Waals surface area contributed by atoms with Crippen molar-refractivity contribution in [2.45, 2.75) is 39.7 Å². The van der Waals surface area contributed by atoms with Crippen molar-refractivity contribution < 1.29 is 14.6 Å². The number of ether oxygens (including phenoxy) is 2. The van der Waals surface area contributed by atoms with Crippen LogP contribution in [0.25, 0.3) is 0 Å². The van der Waals surface area contributed by atoms with E-state index >= 15 is 0 Å². The summed E-state index contributed by atoms with van der Waals surface area (Å²) in [7, 11) is 0. The smallest absolute Gasteiger partial charge is 0.119 e. The van der Waals surface area contributed by atoms with Gasteiger partial charge in [0, 0.05) is 6.61 Å². The summed E-state index contributed by atoms with van der Waals surface area (Å²) >= 11 is 0. The van der Waals surface area contributed by atoms with Gasteiger partial charge in [-0.25, -0.2) is 0 Å². The third kappa shape index (κ3) is 6.60. The van der Waals surface area contributed by atoms with E-state index in [4.69, 9.17) is 9.47 Å². The summed E-state index contributed by atoms with van der Waals surface area (Å²) in [5.74, 6) is 1.50. The highest BCUT2D eigenvalue weighted by Crippen LogP contribution is 2.19. The lowest BCUT2D eigenvalue weighted by Crippen LogP contribution is -2.08. The first-order valence-corrected chi connectivity index (χ1v) is 7.12. The molecule has 3 nitrogen and oxygen atoms in total. The first kappa shape index (κ1) is 16.0. The Morgan fingerprint density at radius 2 is 1.74 bits per heavy atom. The second-order valence-electron chi connectivity index (χ2n) is 5.14. The van der Waals surface area contributed by atoms with Gasteiger partial charge in [0.15, 0.2) is 0 Å². The van der Waals surface area contributed by atoms with E-state index in [2.05, 4.69) is 13.8 Å². The molecule has 0 saturated carbocycles. The van der Waals surface area contributed by atoms with Crippen molar-refractivity contribution in [1.82, 2.24) is 0 Å². The van der Waals surface area contributed by atoms with Gasteiger partial charge in [-0.2, -0.15) is 0 Å². The van der Waals surface area contributed by atoms with Gasteiger partial charge in [0.1, 0.15) is 12.4 Å². The van der Waals surface area contributed by atoms with Crippen LogP contribution in [0.4, 0.5) is 0 Å². The van der Waals surface area contributed by atoms with E-state index in [9.17, 15) is 5.11 Å². The average Bonchev–Trinajstić information content (AvgIpc) is 2.42. The Hall–Kier alpha value is -1.06. The van der Waals surface area contributed by atoms with Gasteiger partial charge in [-0.15, -0.1) is 0 Å². The highest BCUT2D eigenvalue weighted by Gasteiger charge is 2.04. The fourth-order valence-corrected chi connectivity index (χ4v) is 1.66. The molecule has 3 heteroatoms. The van der Waals surface area contributed by atoms with Crippen molar-refractivity contribution in [2.75, 3.05) is 19.8 Å². The number of hydrogen-bond acceptors (Lipinski definition) is 3. The van der Waals surface area contributed by atoms with Gasteiger partial charge in [-0.05, 0) is 36.5 Å². The topological polar surface area (TPSA) is 38.7 Å². The predicted octanol–water partition coefficient (Wildman–Crippen LogP) is 3.57. The fraction of sp³-hybridized carbons (Fsp3) is 0.625. The highest BCUT2D eigenvalue weighted by atomic mass is 16.5. The van der Waals surface area contributed by atoms with Crippen molar-refractivity contribution in [2.24, 2.45) is 5.92 Å². The zero-order valence-corrected chi connectivity index (χ0v) is 12.3. The minimum Gasteiger partial charge on any atom is -0.491 e. The molecule has 108 valence electrons. The van der Waals surface area contributed by atoms with Gasteiger partial charge in [0.05, 0.1) is 12.7 Å². The van der Waals surface area contributed by atoms with Crippen LogP contribution in [0.1, 0.15) is 45.3 Å². The standard InChI is InChI=1S/C16H26O3/c1-4-16(17)14-5-7-15(8-6-14)19-12-11-18-10-9-13(2)3/h5-8,13,16-17H,4,9-12H2,1-3H3/t16-/m0/s1. The molecule has 0 spiro atoms. The molecule has 0 aliphatic heterocycles. The molecule has 19 heavy (non-hydrogen) atoms. The van der Waals surface area contributed by atoms with Crippen molar-refractivity contribution in [3.63, 3.8) is 0 Å². The zero-order valence-electron chi connectivity index (χ0n) is 12.3. The number of aliphatic hydroxyl groups is 1. The summed E-state index contributed by atoms with van der Waals surface area (Å²) < 4.78 is 11.1. The molecule has 1 aromatic rings. The summed E-state index contributed by atoms with van der Waals surface area (Å²) in [6.45, 7) is 8.31. The summed E-state index contributed by atoms with van der Waals surface area (Å²) in [5, 5.41) is 9.68. The largest absolute Gasteiger partial charge is 0.491 e. The second-order valence-corrected chi connectivity index (χ2v) is 5.14. The van der Waals surface area contributed by atoms with Gasteiger partial charge in [0.2, 0.25) is 0 Å². The summed E-state index contributed by atoms with van der Waals surface area (Å²) in [6.07, 6.45) is 1.43. The monoisotopic (exact) mass is 266 g/mol. The van der Waals surface area contributed by atoms with Crippen LogP contribution < -0.4 is 4.74 Å². The van der Waals surface area contributed by atoms with E-state index in [0.29, 0.717) is 19.1 Å². The van der Waals surface area contributed by atoms with Crippen LogP contribution >= 0.6 is 0 Å². The van der Waals surface area contributed by atoms with Gasteiger partial charge < -0.3 is 14.6 Å². The Kier molecular flexibility index (Phi) is 7.53. The minimum absolute atomic E-state index is 0.381. The van der Waals surface area contributed by atoms with Crippen molar-refractivity contribution in [3.8, 4) is 5.75 Å². The van der Waals surface area contributed by atoms with Gasteiger partial charge in [0.25, 0.3) is 0 Å². The Morgan fingerprint density at radius 1 is 1.05 bits per heavy atom. The molecule has 0 fully saturated rings. The molecular weight excluding hydrogens is 240 g/mol. The van der Waals surface area contributed by atoms with Crippen LogP contribution in [0.15, 0.2) is 24.3 Å². The molecule has 0 aromatic heterocycles. The molecule has 0 saturated heterocycles. The van der Waals surface area contributed by atoms with E-state index in [1.54, 1.807) is 0 Å². The van der Waals surface area contributed by atoms with Crippen LogP contribution in [-0.4, -0.2) is 24.9 Å². The lowest BCUT2D eigenvalue weighted by atomic mass is 10.1. The molecule has 1 atom stereocenters. The van der Waals surface area contributed by atoms with Gasteiger partial charge in [-0.1, -0.05) is 32.9 Å². The Balaban J connectivity index is 2.19. The Morgan fingerprint density at radius 3 is 2.32 bits per heavy atom. The zero-order chi connectivity index (χ0) is 14.1. The van der Waals surface area contributed by atoms with E-state index in [1.165, 1.54) is 0 Å². The van der Waals surface area contributed by atoms with Crippen LogP contribution in [0.2, 0.25) is 0 Å². The first-order chi connectivity index (χ1) is 9.13. The van der Waals surface area contributed by atoms with Gasteiger partial charge in [-0.3, -0.25) is 0 Å². The summed E-state index contributed by atoms with van der Waals surface area (Å²) in [4.78, 5) is 0. The molecule has 0 aliphatic rings. The number of rotatable bonds is 9. The molecule has 1 N–H and O–H groups in total. The van der Waals surface area contributed by atoms with Crippen LogP contribution in [0, 0.1) is 5.92 Å². The molecule has 1 rings (SSSR count). The van der Waals surface area contributed by atoms with Crippen molar-refractivity contribution >= 4 is 0 Å². The van der Waals surface area contributed by atoms with E-state index < -0.39 is 0 Å². The van der Waals surface area contributed by atoms with Crippen LogP contribution in [0.5, 0.6) is 5.75 Å². The molecule has 0 radical (unpaired) electrons. The average molecular weight is 266 g/mol. The maximum Gasteiger partial charge on any atom is 0.119 e. The Labute approximate surface area is 116 Å². The molecule has 0 bridgehead atoms. The molecule has 0 aliphatic carbocycles.